The molecule has 0 aliphatic carbocycles. The second kappa shape index (κ2) is 6.65. The number of rotatable bonds is 3. The number of para-hydroxylation sites is 1. The second-order valence-corrected chi connectivity index (χ2v) is 7.98. The molecule has 0 radical (unpaired) electrons. The van der Waals surface area contributed by atoms with E-state index >= 15 is 0 Å². The first-order chi connectivity index (χ1) is 14.7. The van der Waals surface area contributed by atoms with Crippen molar-refractivity contribution in [1.82, 2.24) is 15.1 Å². The Kier molecular flexibility index (Phi) is 3.91. The highest BCUT2D eigenvalue weighted by atomic mass is 16.3. The summed E-state index contributed by atoms with van der Waals surface area (Å²) in [6.45, 7) is 4.85. The topological polar surface area (TPSA) is 65.8 Å². The van der Waals surface area contributed by atoms with Gasteiger partial charge in [0.25, 0.3) is 11.8 Å². The number of amides is 2. The van der Waals surface area contributed by atoms with Crippen molar-refractivity contribution in [2.45, 2.75) is 0 Å². The Labute approximate surface area is 173 Å². The van der Waals surface area contributed by atoms with Crippen molar-refractivity contribution in [2.24, 2.45) is 0 Å². The molecule has 2 aliphatic rings. The number of hydrogen-bond donors (Lipinski definition) is 1. The lowest BCUT2D eigenvalue weighted by Gasteiger charge is -2.31. The smallest absolute Gasteiger partial charge is 0.261 e. The van der Waals surface area contributed by atoms with E-state index in [0.29, 0.717) is 29.6 Å². The Bertz CT molecular complexity index is 1330. The van der Waals surface area contributed by atoms with E-state index in [1.165, 1.54) is 4.90 Å². The molecular formula is C24H21N3O3. The first kappa shape index (κ1) is 17.6. The first-order valence-corrected chi connectivity index (χ1v) is 10.4. The Morgan fingerprint density at radius 1 is 0.833 bits per heavy atom. The lowest BCUT2D eigenvalue weighted by Crippen LogP contribution is -2.49. The maximum atomic E-state index is 13.4. The molecule has 3 heterocycles. The summed E-state index contributed by atoms with van der Waals surface area (Å²) < 4.78 is 6.12. The molecule has 2 amide bonds. The zero-order valence-corrected chi connectivity index (χ0v) is 16.5. The molecule has 6 heteroatoms. The molecule has 6 rings (SSSR count). The number of carbonyl (C=O) groups excluding carboxylic acids is 2. The minimum Gasteiger partial charge on any atom is -0.455 e. The summed E-state index contributed by atoms with van der Waals surface area (Å²) in [6.07, 6.45) is 0. The number of nitrogens with one attached hydrogen (secondary N) is 1. The lowest BCUT2D eigenvalue weighted by molar-refractivity contribution is 0.0590. The van der Waals surface area contributed by atoms with E-state index in [4.69, 9.17) is 4.42 Å². The number of carbonyl (C=O) groups is 2. The molecule has 3 aromatic carbocycles. The van der Waals surface area contributed by atoms with Crippen LogP contribution in [0.15, 0.2) is 52.9 Å². The normalized spacial score (nSPS) is 17.5. The van der Waals surface area contributed by atoms with Crippen molar-refractivity contribution in [3.05, 3.63) is 59.7 Å². The van der Waals surface area contributed by atoms with Gasteiger partial charge in [0.2, 0.25) is 0 Å². The summed E-state index contributed by atoms with van der Waals surface area (Å²) in [6, 6.07) is 15.4. The molecular weight excluding hydrogens is 378 g/mol. The average molecular weight is 399 g/mol. The van der Waals surface area contributed by atoms with Crippen LogP contribution in [0.1, 0.15) is 20.7 Å². The van der Waals surface area contributed by atoms with Gasteiger partial charge in [0.1, 0.15) is 11.2 Å². The molecule has 1 aromatic heterocycles. The summed E-state index contributed by atoms with van der Waals surface area (Å²) in [5.41, 5.74) is 2.67. The standard InChI is InChI=1S/C24H21N3O3/c28-23-17-6-3-5-16-21(17)19(14-18-15-4-1-2-7-20(15)30-22(16)18)24(29)27(23)13-12-26-10-8-25-9-11-26/h1-7,14,25H,8-13H2. The van der Waals surface area contributed by atoms with Gasteiger partial charge in [0.15, 0.2) is 0 Å². The number of piperazine rings is 1. The fourth-order valence-electron chi connectivity index (χ4n) is 4.77. The number of furan rings is 1. The van der Waals surface area contributed by atoms with E-state index in [-0.39, 0.29) is 11.8 Å². The van der Waals surface area contributed by atoms with E-state index in [2.05, 4.69) is 10.2 Å². The minimum atomic E-state index is -0.219. The van der Waals surface area contributed by atoms with Gasteiger partial charge in [-0.3, -0.25) is 19.4 Å². The second-order valence-electron chi connectivity index (χ2n) is 7.98. The minimum absolute atomic E-state index is 0.217. The quantitative estimate of drug-likeness (QED) is 0.536. The van der Waals surface area contributed by atoms with Gasteiger partial charge in [0.05, 0.1) is 0 Å². The SMILES string of the molecule is O=C1c2cccc3c2c(cc2c4ccccc4oc32)C(=O)N1CCN1CCNCC1. The number of nitrogens with zero attached hydrogens (tertiary/aromatic N) is 2. The molecule has 0 atom stereocenters. The molecule has 30 heavy (non-hydrogen) atoms. The van der Waals surface area contributed by atoms with Crippen LogP contribution in [0.3, 0.4) is 0 Å². The predicted octanol–water partition coefficient (Wildman–Crippen LogP) is 3.24. The Balaban J connectivity index is 1.49. The molecule has 6 nitrogen and oxygen atoms in total. The zero-order chi connectivity index (χ0) is 20.2. The van der Waals surface area contributed by atoms with Gasteiger partial charge in [-0.25, -0.2) is 0 Å². The number of benzene rings is 3. The number of hydrogen-bond acceptors (Lipinski definition) is 5. The molecule has 1 N–H and O–H groups in total. The van der Waals surface area contributed by atoms with E-state index in [9.17, 15) is 9.59 Å². The molecule has 4 aromatic rings. The van der Waals surface area contributed by atoms with E-state index < -0.39 is 0 Å². The molecule has 150 valence electrons. The van der Waals surface area contributed by atoms with Crippen molar-refractivity contribution in [1.29, 1.82) is 0 Å². The fourth-order valence-corrected chi connectivity index (χ4v) is 4.77. The molecule has 0 unspecified atom stereocenters. The van der Waals surface area contributed by atoms with Gasteiger partial charge in [-0.05, 0) is 18.2 Å². The molecule has 1 saturated heterocycles. The van der Waals surface area contributed by atoms with Crippen LogP contribution in [0, 0.1) is 0 Å². The van der Waals surface area contributed by atoms with Crippen molar-refractivity contribution >= 4 is 44.5 Å². The van der Waals surface area contributed by atoms with Gasteiger partial charge < -0.3 is 9.73 Å². The van der Waals surface area contributed by atoms with Crippen LogP contribution >= 0.6 is 0 Å². The van der Waals surface area contributed by atoms with Gasteiger partial charge in [-0.2, -0.15) is 0 Å². The first-order valence-electron chi connectivity index (χ1n) is 10.4. The highest BCUT2D eigenvalue weighted by molar-refractivity contribution is 6.30. The molecule has 0 saturated carbocycles. The molecule has 1 fully saturated rings. The van der Waals surface area contributed by atoms with Gasteiger partial charge >= 0.3 is 0 Å². The summed E-state index contributed by atoms with van der Waals surface area (Å²) >= 11 is 0. The lowest BCUT2D eigenvalue weighted by atomic mass is 9.92. The molecule has 2 aliphatic heterocycles. The summed E-state index contributed by atoms with van der Waals surface area (Å²) in [4.78, 5) is 30.4. The van der Waals surface area contributed by atoms with Crippen LogP contribution in [0.4, 0.5) is 0 Å². The van der Waals surface area contributed by atoms with Crippen LogP contribution in [-0.2, 0) is 0 Å². The van der Waals surface area contributed by atoms with Gasteiger partial charge in [0, 0.05) is 71.9 Å². The molecule has 0 bridgehead atoms. The van der Waals surface area contributed by atoms with Crippen molar-refractivity contribution < 1.29 is 14.0 Å². The monoisotopic (exact) mass is 399 g/mol. The van der Waals surface area contributed by atoms with Crippen LogP contribution in [0.2, 0.25) is 0 Å². The fraction of sp³-hybridized carbons (Fsp3) is 0.250. The largest absolute Gasteiger partial charge is 0.455 e. The van der Waals surface area contributed by atoms with Gasteiger partial charge in [-0.15, -0.1) is 0 Å². The third-order valence-electron chi connectivity index (χ3n) is 6.30. The summed E-state index contributed by atoms with van der Waals surface area (Å²) in [7, 11) is 0. The van der Waals surface area contributed by atoms with Crippen molar-refractivity contribution in [3.8, 4) is 0 Å². The van der Waals surface area contributed by atoms with Gasteiger partial charge in [-0.1, -0.05) is 30.3 Å². The number of fused-ring (bicyclic) bond motifs is 4. The van der Waals surface area contributed by atoms with Crippen molar-refractivity contribution in [3.63, 3.8) is 0 Å². The van der Waals surface area contributed by atoms with Crippen molar-refractivity contribution in [2.75, 3.05) is 39.3 Å². The maximum absolute atomic E-state index is 13.4. The third-order valence-corrected chi connectivity index (χ3v) is 6.30. The van der Waals surface area contributed by atoms with E-state index in [1.54, 1.807) is 0 Å². The molecule has 0 spiro atoms. The highest BCUT2D eigenvalue weighted by Gasteiger charge is 2.34. The zero-order valence-electron chi connectivity index (χ0n) is 16.5. The maximum Gasteiger partial charge on any atom is 0.261 e. The highest BCUT2D eigenvalue weighted by Crippen LogP contribution is 2.39. The Morgan fingerprint density at radius 2 is 1.60 bits per heavy atom. The van der Waals surface area contributed by atoms with Crippen LogP contribution < -0.4 is 5.32 Å². The Hall–Kier alpha value is -3.22. The average Bonchev–Trinajstić information content (AvgIpc) is 3.17. The summed E-state index contributed by atoms with van der Waals surface area (Å²) in [5, 5.41) is 6.74. The van der Waals surface area contributed by atoms with Crippen LogP contribution in [0.5, 0.6) is 0 Å². The van der Waals surface area contributed by atoms with E-state index in [1.807, 2.05) is 48.5 Å². The van der Waals surface area contributed by atoms with Crippen LogP contribution in [-0.4, -0.2) is 60.9 Å². The Morgan fingerprint density at radius 3 is 2.47 bits per heavy atom. The summed E-state index contributed by atoms with van der Waals surface area (Å²) in [5.74, 6) is -0.435. The van der Waals surface area contributed by atoms with Crippen LogP contribution in [0.25, 0.3) is 32.7 Å². The van der Waals surface area contributed by atoms with E-state index in [0.717, 1.165) is 53.5 Å². The number of imide groups is 1. The third kappa shape index (κ3) is 2.51. The predicted molar refractivity (Wildman–Crippen MR) is 116 cm³/mol.